The highest BCUT2D eigenvalue weighted by Crippen LogP contribution is 2.23. The summed E-state index contributed by atoms with van der Waals surface area (Å²) in [6, 6.07) is 0. The van der Waals surface area contributed by atoms with Gasteiger partial charge in [-0.25, -0.2) is 0 Å². The molecule has 5 heteroatoms. The molecule has 0 spiro atoms. The van der Waals surface area contributed by atoms with E-state index < -0.39 is 17.4 Å². The summed E-state index contributed by atoms with van der Waals surface area (Å²) in [4.78, 5) is 26.6. The first-order valence-electron chi connectivity index (χ1n) is 5.54. The molecule has 1 atom stereocenters. The van der Waals surface area contributed by atoms with E-state index in [-0.39, 0.29) is 12.5 Å². The summed E-state index contributed by atoms with van der Waals surface area (Å²) in [6.07, 6.45) is 0. The first-order valence-corrected chi connectivity index (χ1v) is 5.54. The van der Waals surface area contributed by atoms with Crippen molar-refractivity contribution in [3.05, 3.63) is 0 Å². The Morgan fingerprint density at radius 1 is 1.50 bits per heavy atom. The molecule has 1 saturated heterocycles. The highest BCUT2D eigenvalue weighted by molar-refractivity contribution is 5.86. The molecule has 92 valence electrons. The SMILES string of the molecule is CCN1CC(C(=O)O)CN(C)C(=O)C1(C)C. The Bertz CT molecular complexity index is 302. The molecular weight excluding hydrogens is 208 g/mol. The second-order valence-corrected chi connectivity index (χ2v) is 4.82. The van der Waals surface area contributed by atoms with Crippen LogP contribution in [0.2, 0.25) is 0 Å². The van der Waals surface area contributed by atoms with Gasteiger partial charge in [-0.15, -0.1) is 0 Å². The highest BCUT2D eigenvalue weighted by Gasteiger charge is 2.42. The van der Waals surface area contributed by atoms with Crippen LogP contribution in [0.5, 0.6) is 0 Å². The number of carboxylic acids is 1. The van der Waals surface area contributed by atoms with Crippen molar-refractivity contribution in [3.63, 3.8) is 0 Å². The molecule has 1 amide bonds. The van der Waals surface area contributed by atoms with E-state index in [1.54, 1.807) is 7.05 Å². The Morgan fingerprint density at radius 3 is 2.50 bits per heavy atom. The molecule has 1 fully saturated rings. The topological polar surface area (TPSA) is 60.9 Å². The van der Waals surface area contributed by atoms with Crippen molar-refractivity contribution < 1.29 is 14.7 Å². The monoisotopic (exact) mass is 228 g/mol. The molecule has 0 radical (unpaired) electrons. The van der Waals surface area contributed by atoms with Crippen molar-refractivity contribution in [1.82, 2.24) is 9.80 Å². The van der Waals surface area contributed by atoms with E-state index in [1.165, 1.54) is 4.90 Å². The highest BCUT2D eigenvalue weighted by atomic mass is 16.4. The largest absolute Gasteiger partial charge is 0.481 e. The van der Waals surface area contributed by atoms with Crippen molar-refractivity contribution >= 4 is 11.9 Å². The predicted molar refractivity (Wildman–Crippen MR) is 60.1 cm³/mol. The maximum atomic E-state index is 12.1. The number of nitrogens with zero attached hydrogens (tertiary/aromatic N) is 2. The second kappa shape index (κ2) is 4.41. The van der Waals surface area contributed by atoms with Gasteiger partial charge >= 0.3 is 5.97 Å². The van der Waals surface area contributed by atoms with Gasteiger partial charge in [-0.05, 0) is 20.4 Å². The Kier molecular flexibility index (Phi) is 3.57. The molecule has 1 heterocycles. The van der Waals surface area contributed by atoms with Crippen LogP contribution in [0.3, 0.4) is 0 Å². The van der Waals surface area contributed by atoms with Gasteiger partial charge in [0, 0.05) is 20.1 Å². The van der Waals surface area contributed by atoms with Gasteiger partial charge in [0.05, 0.1) is 11.5 Å². The molecule has 0 aromatic rings. The Balaban J connectivity index is 3.02. The maximum Gasteiger partial charge on any atom is 0.309 e. The van der Waals surface area contributed by atoms with Crippen molar-refractivity contribution in [2.75, 3.05) is 26.7 Å². The third kappa shape index (κ3) is 2.19. The molecule has 1 N–H and O–H groups in total. The smallest absolute Gasteiger partial charge is 0.309 e. The van der Waals surface area contributed by atoms with Crippen LogP contribution in [0.1, 0.15) is 20.8 Å². The summed E-state index contributed by atoms with van der Waals surface area (Å²) in [7, 11) is 1.67. The van der Waals surface area contributed by atoms with Crippen LogP contribution in [0.25, 0.3) is 0 Å². The molecule has 1 aliphatic heterocycles. The van der Waals surface area contributed by atoms with Gasteiger partial charge in [-0.3, -0.25) is 14.5 Å². The third-order valence-electron chi connectivity index (χ3n) is 3.33. The van der Waals surface area contributed by atoms with Gasteiger partial charge < -0.3 is 10.0 Å². The first-order chi connectivity index (χ1) is 7.30. The fourth-order valence-electron chi connectivity index (χ4n) is 2.25. The van der Waals surface area contributed by atoms with E-state index >= 15 is 0 Å². The Labute approximate surface area is 96.0 Å². The normalized spacial score (nSPS) is 26.6. The molecule has 0 bridgehead atoms. The third-order valence-corrected chi connectivity index (χ3v) is 3.33. The molecule has 0 aromatic heterocycles. The van der Waals surface area contributed by atoms with Crippen LogP contribution in [0, 0.1) is 5.92 Å². The number of carbonyl (C=O) groups is 2. The van der Waals surface area contributed by atoms with E-state index in [0.29, 0.717) is 13.1 Å². The molecule has 1 unspecified atom stereocenters. The maximum absolute atomic E-state index is 12.1. The molecule has 1 aliphatic rings. The van der Waals surface area contributed by atoms with E-state index in [0.717, 1.165) is 0 Å². The molecule has 5 nitrogen and oxygen atoms in total. The second-order valence-electron chi connectivity index (χ2n) is 4.82. The van der Waals surface area contributed by atoms with Crippen LogP contribution in [0.4, 0.5) is 0 Å². The lowest BCUT2D eigenvalue weighted by Gasteiger charge is -2.35. The average molecular weight is 228 g/mol. The fraction of sp³-hybridized carbons (Fsp3) is 0.818. The van der Waals surface area contributed by atoms with E-state index in [9.17, 15) is 9.59 Å². The summed E-state index contributed by atoms with van der Waals surface area (Å²) in [5.74, 6) is -1.36. The average Bonchev–Trinajstić information content (AvgIpc) is 2.28. The van der Waals surface area contributed by atoms with Crippen LogP contribution in [-0.2, 0) is 9.59 Å². The zero-order valence-corrected chi connectivity index (χ0v) is 10.4. The number of amides is 1. The quantitative estimate of drug-likeness (QED) is 0.736. The van der Waals surface area contributed by atoms with Crippen molar-refractivity contribution in [2.45, 2.75) is 26.3 Å². The summed E-state index contributed by atoms with van der Waals surface area (Å²) < 4.78 is 0. The summed E-state index contributed by atoms with van der Waals surface area (Å²) in [5.41, 5.74) is -0.617. The lowest BCUT2D eigenvalue weighted by Crippen LogP contribution is -2.53. The van der Waals surface area contributed by atoms with Crippen LogP contribution in [-0.4, -0.2) is 59.0 Å². The molecular formula is C11H20N2O3. The number of rotatable bonds is 2. The number of likely N-dealkylation sites (N-methyl/N-ethyl adjacent to an activating group) is 2. The van der Waals surface area contributed by atoms with Gasteiger partial charge in [0.2, 0.25) is 5.91 Å². The minimum atomic E-state index is -0.837. The fourth-order valence-corrected chi connectivity index (χ4v) is 2.25. The van der Waals surface area contributed by atoms with E-state index in [4.69, 9.17) is 5.11 Å². The summed E-state index contributed by atoms with van der Waals surface area (Å²) >= 11 is 0. The van der Waals surface area contributed by atoms with E-state index in [2.05, 4.69) is 0 Å². The number of carboxylic acid groups (broad SMARTS) is 1. The number of hydrogen-bond donors (Lipinski definition) is 1. The van der Waals surface area contributed by atoms with Gasteiger partial charge in [0.25, 0.3) is 0 Å². The minimum Gasteiger partial charge on any atom is -0.481 e. The zero-order chi connectivity index (χ0) is 12.5. The molecule has 0 aromatic carbocycles. The number of aliphatic carboxylic acids is 1. The van der Waals surface area contributed by atoms with Crippen molar-refractivity contribution in [1.29, 1.82) is 0 Å². The van der Waals surface area contributed by atoms with Crippen LogP contribution >= 0.6 is 0 Å². The molecule has 0 saturated carbocycles. The molecule has 0 aliphatic carbocycles. The first kappa shape index (κ1) is 13.0. The van der Waals surface area contributed by atoms with Crippen molar-refractivity contribution in [3.8, 4) is 0 Å². The summed E-state index contributed by atoms with van der Waals surface area (Å²) in [5, 5.41) is 9.09. The van der Waals surface area contributed by atoms with Crippen molar-refractivity contribution in [2.24, 2.45) is 5.92 Å². The Morgan fingerprint density at radius 2 is 2.06 bits per heavy atom. The van der Waals surface area contributed by atoms with Gasteiger partial charge in [0.1, 0.15) is 0 Å². The standard InChI is InChI=1S/C11H20N2O3/c1-5-13-7-8(9(14)15)6-12(4)10(16)11(13,2)3/h8H,5-7H2,1-4H3,(H,14,15). The predicted octanol–water partition coefficient (Wildman–Crippen LogP) is 0.260. The van der Waals surface area contributed by atoms with Gasteiger partial charge in [0.15, 0.2) is 0 Å². The lowest BCUT2D eigenvalue weighted by molar-refractivity contribution is -0.142. The van der Waals surface area contributed by atoms with Crippen LogP contribution < -0.4 is 0 Å². The molecule has 16 heavy (non-hydrogen) atoms. The Hall–Kier alpha value is -1.10. The lowest BCUT2D eigenvalue weighted by atomic mass is 10.0. The summed E-state index contributed by atoms with van der Waals surface area (Å²) in [6.45, 7) is 7.03. The number of hydrogen-bond acceptors (Lipinski definition) is 3. The van der Waals surface area contributed by atoms with Crippen LogP contribution in [0.15, 0.2) is 0 Å². The molecule has 1 rings (SSSR count). The van der Waals surface area contributed by atoms with Gasteiger partial charge in [-0.2, -0.15) is 0 Å². The van der Waals surface area contributed by atoms with Gasteiger partial charge in [-0.1, -0.05) is 6.92 Å². The number of carbonyl (C=O) groups excluding carboxylic acids is 1. The van der Waals surface area contributed by atoms with E-state index in [1.807, 2.05) is 25.7 Å². The minimum absolute atomic E-state index is 0.0156. The zero-order valence-electron chi connectivity index (χ0n) is 10.4.